The van der Waals surface area contributed by atoms with Gasteiger partial charge in [-0.1, -0.05) is 26.0 Å². The minimum atomic E-state index is -3.39. The highest BCUT2D eigenvalue weighted by atomic mass is 32.2. The van der Waals surface area contributed by atoms with Gasteiger partial charge in [0.1, 0.15) is 0 Å². The zero-order chi connectivity index (χ0) is 15.7. The van der Waals surface area contributed by atoms with Gasteiger partial charge < -0.3 is 5.73 Å². The molecule has 21 heavy (non-hydrogen) atoms. The fraction of sp³-hybridized carbons (Fsp3) is 0.625. The van der Waals surface area contributed by atoms with Crippen molar-refractivity contribution in [2.75, 3.05) is 13.1 Å². The zero-order valence-electron chi connectivity index (χ0n) is 13.2. The Hall–Kier alpha value is -0.910. The molecule has 1 unspecified atom stereocenters. The molecule has 1 aliphatic rings. The van der Waals surface area contributed by atoms with E-state index in [0.29, 0.717) is 18.0 Å². The topological polar surface area (TPSA) is 63.4 Å². The highest BCUT2D eigenvalue weighted by Gasteiger charge is 2.30. The van der Waals surface area contributed by atoms with E-state index in [4.69, 9.17) is 5.73 Å². The Bertz CT molecular complexity index is 577. The van der Waals surface area contributed by atoms with Crippen LogP contribution in [0, 0.1) is 5.41 Å². The molecule has 2 rings (SSSR count). The van der Waals surface area contributed by atoms with Gasteiger partial charge in [0.15, 0.2) is 0 Å². The Morgan fingerprint density at radius 2 is 1.76 bits per heavy atom. The normalized spacial score (nSPS) is 21.7. The van der Waals surface area contributed by atoms with E-state index in [0.717, 1.165) is 24.8 Å². The number of benzene rings is 1. The average molecular weight is 310 g/mol. The van der Waals surface area contributed by atoms with E-state index in [-0.39, 0.29) is 11.5 Å². The van der Waals surface area contributed by atoms with Crippen molar-refractivity contribution in [1.29, 1.82) is 0 Å². The second-order valence-electron chi connectivity index (χ2n) is 6.78. The minimum absolute atomic E-state index is 0.0826. The Balaban J connectivity index is 2.21. The summed E-state index contributed by atoms with van der Waals surface area (Å²) in [6, 6.07) is 6.87. The van der Waals surface area contributed by atoms with Crippen molar-refractivity contribution in [3.05, 3.63) is 29.8 Å². The fourth-order valence-electron chi connectivity index (χ4n) is 2.73. The number of hydrogen-bond acceptors (Lipinski definition) is 3. The third kappa shape index (κ3) is 3.84. The van der Waals surface area contributed by atoms with Gasteiger partial charge in [-0.25, -0.2) is 8.42 Å². The molecule has 0 radical (unpaired) electrons. The van der Waals surface area contributed by atoms with Gasteiger partial charge in [-0.2, -0.15) is 4.31 Å². The summed E-state index contributed by atoms with van der Waals surface area (Å²) in [5.74, 6) is 0. The molecule has 0 spiro atoms. The van der Waals surface area contributed by atoms with Gasteiger partial charge in [0, 0.05) is 19.1 Å². The highest BCUT2D eigenvalue weighted by molar-refractivity contribution is 7.89. The van der Waals surface area contributed by atoms with Gasteiger partial charge in [0.2, 0.25) is 10.0 Å². The lowest BCUT2D eigenvalue weighted by Gasteiger charge is -2.23. The van der Waals surface area contributed by atoms with E-state index in [1.165, 1.54) is 0 Å². The molecule has 1 saturated heterocycles. The molecule has 4 nitrogen and oxygen atoms in total. The lowest BCUT2D eigenvalue weighted by Crippen LogP contribution is -2.32. The summed E-state index contributed by atoms with van der Waals surface area (Å²) in [4.78, 5) is 0.367. The maximum Gasteiger partial charge on any atom is 0.243 e. The summed E-state index contributed by atoms with van der Waals surface area (Å²) in [6.45, 7) is 7.52. The molecule has 1 heterocycles. The van der Waals surface area contributed by atoms with Crippen LogP contribution < -0.4 is 5.73 Å². The van der Waals surface area contributed by atoms with Crippen LogP contribution in [0.2, 0.25) is 0 Å². The monoisotopic (exact) mass is 310 g/mol. The molecule has 0 aliphatic carbocycles. The van der Waals surface area contributed by atoms with Crippen LogP contribution in [-0.4, -0.2) is 25.8 Å². The molecule has 0 aromatic heterocycles. The van der Waals surface area contributed by atoms with Crippen LogP contribution in [0.1, 0.15) is 51.6 Å². The molecule has 1 aliphatic heterocycles. The summed E-state index contributed by atoms with van der Waals surface area (Å²) in [5, 5.41) is 0. The standard InChI is InChI=1S/C16H26N2O2S/c1-13(17)14-5-7-15(8-6-14)21(19,20)18-11-4-9-16(2,3)10-12-18/h5-8,13H,4,9-12,17H2,1-3H3. The van der Waals surface area contributed by atoms with Crippen molar-refractivity contribution < 1.29 is 8.42 Å². The number of nitrogens with zero attached hydrogens (tertiary/aromatic N) is 1. The first-order valence-electron chi connectivity index (χ1n) is 7.58. The molecule has 0 bridgehead atoms. The number of nitrogens with two attached hydrogens (primary N) is 1. The highest BCUT2D eigenvalue weighted by Crippen LogP contribution is 2.31. The molecular weight excluding hydrogens is 284 g/mol. The summed E-state index contributed by atoms with van der Waals surface area (Å²) in [6.07, 6.45) is 2.90. The largest absolute Gasteiger partial charge is 0.324 e. The van der Waals surface area contributed by atoms with Gasteiger partial charge in [-0.3, -0.25) is 0 Å². The smallest absolute Gasteiger partial charge is 0.243 e. The van der Waals surface area contributed by atoms with Crippen LogP contribution in [0.3, 0.4) is 0 Å². The first kappa shape index (κ1) is 16.5. The average Bonchev–Trinajstić information content (AvgIpc) is 2.60. The molecule has 2 N–H and O–H groups in total. The molecule has 1 atom stereocenters. The fourth-order valence-corrected chi connectivity index (χ4v) is 4.21. The van der Waals surface area contributed by atoms with Crippen molar-refractivity contribution >= 4 is 10.0 Å². The lowest BCUT2D eigenvalue weighted by molar-refractivity contribution is 0.315. The molecule has 5 heteroatoms. The van der Waals surface area contributed by atoms with Crippen molar-refractivity contribution in [3.63, 3.8) is 0 Å². The van der Waals surface area contributed by atoms with E-state index in [1.54, 1.807) is 28.6 Å². The SMILES string of the molecule is CC(N)c1ccc(S(=O)(=O)N2CCCC(C)(C)CC2)cc1. The van der Waals surface area contributed by atoms with E-state index in [1.807, 2.05) is 6.92 Å². The zero-order valence-corrected chi connectivity index (χ0v) is 14.0. The van der Waals surface area contributed by atoms with Crippen LogP contribution >= 0.6 is 0 Å². The molecule has 0 amide bonds. The first-order valence-corrected chi connectivity index (χ1v) is 9.02. The summed E-state index contributed by atoms with van der Waals surface area (Å²) in [5.41, 5.74) is 6.98. The maximum atomic E-state index is 12.7. The first-order chi connectivity index (χ1) is 9.72. The number of rotatable bonds is 3. The van der Waals surface area contributed by atoms with Crippen LogP contribution in [-0.2, 0) is 10.0 Å². The number of hydrogen-bond donors (Lipinski definition) is 1. The Labute approximate surface area is 128 Å². The predicted molar refractivity (Wildman–Crippen MR) is 85.4 cm³/mol. The summed E-state index contributed by atoms with van der Waals surface area (Å²) in [7, 11) is -3.39. The Kier molecular flexibility index (Phi) is 4.76. The van der Waals surface area contributed by atoms with Crippen molar-refractivity contribution in [3.8, 4) is 0 Å². The van der Waals surface area contributed by atoms with Gasteiger partial charge in [0.05, 0.1) is 4.90 Å². The quantitative estimate of drug-likeness (QED) is 0.933. The second kappa shape index (κ2) is 6.07. The summed E-state index contributed by atoms with van der Waals surface area (Å²) >= 11 is 0. The predicted octanol–water partition coefficient (Wildman–Crippen LogP) is 2.91. The lowest BCUT2D eigenvalue weighted by atomic mass is 9.85. The molecular formula is C16H26N2O2S. The third-order valence-corrected chi connectivity index (χ3v) is 6.26. The van der Waals surface area contributed by atoms with Crippen LogP contribution in [0.25, 0.3) is 0 Å². The molecule has 0 saturated carbocycles. The van der Waals surface area contributed by atoms with Crippen LogP contribution in [0.4, 0.5) is 0 Å². The van der Waals surface area contributed by atoms with Crippen molar-refractivity contribution in [2.45, 2.75) is 51.0 Å². The van der Waals surface area contributed by atoms with E-state index in [2.05, 4.69) is 13.8 Å². The van der Waals surface area contributed by atoms with Gasteiger partial charge in [0.25, 0.3) is 0 Å². The molecule has 1 aromatic rings. The van der Waals surface area contributed by atoms with E-state index < -0.39 is 10.0 Å². The van der Waals surface area contributed by atoms with Gasteiger partial charge >= 0.3 is 0 Å². The number of sulfonamides is 1. The molecule has 118 valence electrons. The minimum Gasteiger partial charge on any atom is -0.324 e. The van der Waals surface area contributed by atoms with E-state index >= 15 is 0 Å². The molecule has 1 fully saturated rings. The Morgan fingerprint density at radius 3 is 2.33 bits per heavy atom. The third-order valence-electron chi connectivity index (χ3n) is 4.34. The van der Waals surface area contributed by atoms with Gasteiger partial charge in [-0.05, 0) is 49.3 Å². The van der Waals surface area contributed by atoms with Gasteiger partial charge in [-0.15, -0.1) is 0 Å². The van der Waals surface area contributed by atoms with Crippen LogP contribution in [0.5, 0.6) is 0 Å². The molecule has 1 aromatic carbocycles. The van der Waals surface area contributed by atoms with Crippen molar-refractivity contribution in [2.24, 2.45) is 11.1 Å². The Morgan fingerprint density at radius 1 is 1.14 bits per heavy atom. The van der Waals surface area contributed by atoms with Crippen LogP contribution in [0.15, 0.2) is 29.2 Å². The maximum absolute atomic E-state index is 12.7. The summed E-state index contributed by atoms with van der Waals surface area (Å²) < 4.78 is 27.1. The van der Waals surface area contributed by atoms with Crippen molar-refractivity contribution in [1.82, 2.24) is 4.31 Å². The second-order valence-corrected chi connectivity index (χ2v) is 8.72. The van der Waals surface area contributed by atoms with E-state index in [9.17, 15) is 8.42 Å².